The Morgan fingerprint density at radius 1 is 0.317 bits per heavy atom. The quantitative estimate of drug-likeness (QED) is 0.159. The molecule has 2 aromatic heterocycles. The lowest BCUT2D eigenvalue weighted by Gasteiger charge is -2.21. The molecule has 268 valence electrons. The molecule has 0 atom stereocenters. The lowest BCUT2D eigenvalue weighted by molar-refractivity contribution is 0.669. The van der Waals surface area contributed by atoms with Crippen molar-refractivity contribution in [2.24, 2.45) is 0 Å². The molecule has 8 aromatic carbocycles. The second-order valence-electron chi connectivity index (χ2n) is 14.7. The summed E-state index contributed by atoms with van der Waals surface area (Å²) in [6, 6.07) is 57.5. The van der Waals surface area contributed by atoms with Crippen LogP contribution < -0.4 is 27.3 Å². The van der Waals surface area contributed by atoms with E-state index in [1.165, 1.54) is 11.1 Å². The third kappa shape index (κ3) is 6.66. The summed E-state index contributed by atoms with van der Waals surface area (Å²) in [5, 5.41) is 1.96. The molecule has 9 heteroatoms. The van der Waals surface area contributed by atoms with Gasteiger partial charge in [-0.15, -0.1) is 16.4 Å². The Bertz CT molecular complexity index is 3210. The molecule has 10 aromatic rings. The van der Waals surface area contributed by atoms with Gasteiger partial charge in [0.15, 0.2) is 17.5 Å². The van der Waals surface area contributed by atoms with Gasteiger partial charge in [-0.25, -0.2) is 15.0 Å². The molecule has 0 aliphatic rings. The summed E-state index contributed by atoms with van der Waals surface area (Å²) in [5.74, 6) is 1.48. The van der Waals surface area contributed by atoms with Crippen LogP contribution >= 0.6 is 0 Å². The third-order valence-electron chi connectivity index (χ3n) is 11.1. The maximum absolute atomic E-state index is 6.46. The predicted molar refractivity (Wildman–Crippen MR) is 252 cm³/mol. The molecule has 0 amide bonds. The van der Waals surface area contributed by atoms with Crippen LogP contribution in [0.5, 0.6) is 0 Å². The molecule has 0 N–H and O–H groups in total. The first-order chi connectivity index (χ1) is 29.3. The van der Waals surface area contributed by atoms with Crippen molar-refractivity contribution >= 4 is 88.5 Å². The van der Waals surface area contributed by atoms with Gasteiger partial charge in [-0.2, -0.15) is 0 Å². The fourth-order valence-electron chi connectivity index (χ4n) is 7.86. The Morgan fingerprint density at radius 2 is 0.750 bits per heavy atom. The van der Waals surface area contributed by atoms with Crippen LogP contribution in [0.25, 0.3) is 101 Å². The highest BCUT2D eigenvalue weighted by Crippen LogP contribution is 2.39. The van der Waals surface area contributed by atoms with E-state index in [0.717, 1.165) is 55.3 Å². The first kappa shape index (κ1) is 37.2. The molecule has 0 saturated heterocycles. The molecule has 0 saturated carbocycles. The maximum atomic E-state index is 6.46. The zero-order valence-corrected chi connectivity index (χ0v) is 32.3. The van der Waals surface area contributed by atoms with Crippen molar-refractivity contribution in [3.63, 3.8) is 0 Å². The van der Waals surface area contributed by atoms with Crippen molar-refractivity contribution in [2.75, 3.05) is 0 Å². The van der Waals surface area contributed by atoms with Gasteiger partial charge >= 0.3 is 0 Å². The Balaban J connectivity index is 1.05. The minimum atomic E-state index is 0.160. The summed E-state index contributed by atoms with van der Waals surface area (Å²) >= 11 is 0. The topological polar surface area (TPSA) is 51.8 Å². The second kappa shape index (κ2) is 15.2. The second-order valence-corrected chi connectivity index (χ2v) is 14.7. The van der Waals surface area contributed by atoms with E-state index >= 15 is 0 Å². The molecule has 0 bridgehead atoms. The Morgan fingerprint density at radius 3 is 1.35 bits per heavy atom. The van der Waals surface area contributed by atoms with E-state index in [4.69, 9.17) is 58.6 Å². The number of fused-ring (bicyclic) bond motifs is 3. The minimum absolute atomic E-state index is 0.160. The number of furan rings is 1. The Kier molecular flexibility index (Phi) is 9.45. The highest BCUT2D eigenvalue weighted by molar-refractivity contribution is 6.68. The smallest absolute Gasteiger partial charge is 0.164 e. The largest absolute Gasteiger partial charge is 0.456 e. The highest BCUT2D eigenvalue weighted by atomic mass is 16.3. The first-order valence-electron chi connectivity index (χ1n) is 19.5. The summed E-state index contributed by atoms with van der Waals surface area (Å²) in [6.45, 7) is 0. The molecule has 0 aliphatic heterocycles. The molecule has 0 aliphatic carbocycles. The van der Waals surface area contributed by atoms with Gasteiger partial charge in [0, 0.05) is 27.5 Å². The predicted octanol–water partition coefficient (Wildman–Crippen LogP) is 7.41. The van der Waals surface area contributed by atoms with Crippen molar-refractivity contribution in [2.45, 2.75) is 0 Å². The molecule has 0 unspecified atom stereocenters. The fraction of sp³-hybridized carbons (Fsp3) is 0. The molecule has 2 heterocycles. The van der Waals surface area contributed by atoms with Gasteiger partial charge in [0.1, 0.15) is 50.4 Å². The standard InChI is InChI=1S/C51H28B5N3O/c52-44-42(45(53)47(55)48(56)46(44)54)35-13-7-14-36(27-35)50-57-49(34-11-5-2-6-12-34)58-51(59-50)37-25-26-40-39(28-37)43-38(15-8-16-41(43)60-40)33-23-21-32(22-24-33)31-19-17-30(18-20-31)29-9-3-1-4-10-29/h1-28H. The van der Waals surface area contributed by atoms with Crippen LogP contribution in [-0.2, 0) is 0 Å². The maximum Gasteiger partial charge on any atom is 0.164 e. The van der Waals surface area contributed by atoms with Gasteiger partial charge in [0.25, 0.3) is 0 Å². The van der Waals surface area contributed by atoms with E-state index in [9.17, 15) is 0 Å². The normalized spacial score (nSPS) is 11.3. The summed E-state index contributed by atoms with van der Waals surface area (Å²) < 4.78 is 6.43. The van der Waals surface area contributed by atoms with E-state index in [1.807, 2.05) is 84.9 Å². The molecule has 10 radical (unpaired) electrons. The Labute approximate surface area is 354 Å². The molecule has 60 heavy (non-hydrogen) atoms. The average molecular weight is 753 g/mol. The van der Waals surface area contributed by atoms with Gasteiger partial charge in [-0.1, -0.05) is 150 Å². The number of benzene rings is 8. The van der Waals surface area contributed by atoms with Crippen molar-refractivity contribution < 1.29 is 4.42 Å². The van der Waals surface area contributed by atoms with Crippen molar-refractivity contribution in [1.82, 2.24) is 15.0 Å². The Hall–Kier alpha value is -7.11. The van der Waals surface area contributed by atoms with Crippen molar-refractivity contribution in [3.05, 3.63) is 170 Å². The van der Waals surface area contributed by atoms with Crippen molar-refractivity contribution in [3.8, 4) is 78.7 Å². The summed E-state index contributed by atoms with van der Waals surface area (Å²) in [4.78, 5) is 15.0. The molecule has 10 rings (SSSR count). The SMILES string of the molecule is [B]c1c([B])c([B])c(-c2cccc(-c3nc(-c4ccccc4)nc(-c4ccc5oc6cccc(-c7ccc(-c8ccc(-c9ccccc9)cc8)cc7)c6c5c4)n3)c2)c([B])c1[B]. The van der Waals surface area contributed by atoms with E-state index in [-0.39, 0.29) is 27.3 Å². The number of aromatic nitrogens is 3. The summed E-state index contributed by atoms with van der Waals surface area (Å²) in [7, 11) is 31.5. The monoisotopic (exact) mass is 753 g/mol. The fourth-order valence-corrected chi connectivity index (χ4v) is 7.86. The van der Waals surface area contributed by atoms with Crippen LogP contribution in [0.4, 0.5) is 0 Å². The molecule has 0 fully saturated rings. The average Bonchev–Trinajstić information content (AvgIpc) is 3.69. The van der Waals surface area contributed by atoms with Crippen LogP contribution in [0.15, 0.2) is 174 Å². The highest BCUT2D eigenvalue weighted by Gasteiger charge is 2.18. The number of rotatable bonds is 7. The number of nitrogens with zero attached hydrogens (tertiary/aromatic N) is 3. The molecule has 0 spiro atoms. The van der Waals surface area contributed by atoms with Crippen LogP contribution in [0.2, 0.25) is 0 Å². The van der Waals surface area contributed by atoms with Crippen molar-refractivity contribution in [1.29, 1.82) is 0 Å². The zero-order valence-electron chi connectivity index (χ0n) is 32.3. The van der Waals surface area contributed by atoms with Crippen LogP contribution in [-0.4, -0.2) is 54.2 Å². The van der Waals surface area contributed by atoms with E-state index in [0.29, 0.717) is 34.2 Å². The minimum Gasteiger partial charge on any atom is -0.456 e. The van der Waals surface area contributed by atoms with Gasteiger partial charge in [-0.3, -0.25) is 0 Å². The summed E-state index contributed by atoms with van der Waals surface area (Å²) in [5.41, 5.74) is 13.0. The van der Waals surface area contributed by atoms with E-state index in [1.54, 1.807) is 0 Å². The first-order valence-corrected chi connectivity index (χ1v) is 19.5. The summed E-state index contributed by atoms with van der Waals surface area (Å²) in [6.07, 6.45) is 0. The van der Waals surface area contributed by atoms with Crippen LogP contribution in [0.3, 0.4) is 0 Å². The number of hydrogen-bond acceptors (Lipinski definition) is 4. The number of hydrogen-bond donors (Lipinski definition) is 0. The van der Waals surface area contributed by atoms with Gasteiger partial charge in [-0.05, 0) is 74.8 Å². The van der Waals surface area contributed by atoms with E-state index < -0.39 is 0 Å². The van der Waals surface area contributed by atoms with E-state index in [2.05, 4.69) is 84.9 Å². The lowest BCUT2D eigenvalue weighted by atomic mass is 9.59. The lowest BCUT2D eigenvalue weighted by Crippen LogP contribution is -2.55. The van der Waals surface area contributed by atoms with Gasteiger partial charge < -0.3 is 4.42 Å². The molecular weight excluding hydrogens is 725 g/mol. The van der Waals surface area contributed by atoms with Gasteiger partial charge in [0.05, 0.1) is 0 Å². The third-order valence-corrected chi connectivity index (χ3v) is 11.1. The van der Waals surface area contributed by atoms with Gasteiger partial charge in [0.2, 0.25) is 0 Å². The zero-order chi connectivity index (χ0) is 40.9. The molecular formula is C51H28B5N3O. The van der Waals surface area contributed by atoms with Crippen LogP contribution in [0.1, 0.15) is 0 Å². The van der Waals surface area contributed by atoms with Crippen LogP contribution in [0, 0.1) is 0 Å². The molecule has 4 nitrogen and oxygen atoms in total.